The van der Waals surface area contributed by atoms with E-state index >= 15 is 0 Å². The number of benzene rings is 2. The Morgan fingerprint density at radius 2 is 1.58 bits per heavy atom. The van der Waals surface area contributed by atoms with Crippen LogP contribution in [0.15, 0.2) is 12.1 Å². The zero-order chi connectivity index (χ0) is 26.2. The Balaban J connectivity index is 1.43. The molecule has 0 bridgehead atoms. The highest BCUT2D eigenvalue weighted by molar-refractivity contribution is 7.80. The molecule has 1 fully saturated rings. The molecule has 196 valence electrons. The van der Waals surface area contributed by atoms with Crippen molar-refractivity contribution in [3.05, 3.63) is 39.9 Å². The Morgan fingerprint density at radius 3 is 2.14 bits per heavy atom. The normalized spacial score (nSPS) is 19.9. The number of nitrogens with zero attached hydrogens (tertiary/aromatic N) is 2. The molecule has 0 radical (unpaired) electrons. The fourth-order valence-electron chi connectivity index (χ4n) is 5.33. The van der Waals surface area contributed by atoms with Crippen LogP contribution in [0.5, 0.6) is 28.7 Å². The van der Waals surface area contributed by atoms with E-state index in [9.17, 15) is 5.11 Å². The lowest BCUT2D eigenvalue weighted by atomic mass is 9.86. The Bertz CT molecular complexity index is 1130. The molecule has 8 heteroatoms. The third kappa shape index (κ3) is 4.68. The molecular formula is C28H38N2O5S. The summed E-state index contributed by atoms with van der Waals surface area (Å²) in [6, 6.07) is 4.02. The van der Waals surface area contributed by atoms with Gasteiger partial charge in [0.2, 0.25) is 5.75 Å². The second-order valence-corrected chi connectivity index (χ2v) is 10.4. The largest absolute Gasteiger partial charge is 0.507 e. The number of fused-ring (bicyclic) bond motifs is 1. The fraction of sp³-hybridized carbons (Fsp3) is 0.536. The number of hydrogen-bond donors (Lipinski definition) is 1. The van der Waals surface area contributed by atoms with Crippen LogP contribution in [0.1, 0.15) is 41.2 Å². The summed E-state index contributed by atoms with van der Waals surface area (Å²) in [6.07, 6.45) is 1.64. The van der Waals surface area contributed by atoms with Crippen LogP contribution in [0, 0.1) is 20.8 Å². The highest BCUT2D eigenvalue weighted by atomic mass is 32.1. The molecule has 2 aliphatic heterocycles. The molecule has 0 spiro atoms. The molecule has 2 aromatic carbocycles. The SMILES string of the molecule is COc1cc(CN2CCN(C(=S)C3(C)CCc4c(C)c(O)c(C)c(C)c4O3)CC2)cc(OC)c1OC. The number of phenolic OH excluding ortho intramolecular Hbond substituents is 1. The number of methoxy groups -OCH3 is 3. The van der Waals surface area contributed by atoms with E-state index in [-0.39, 0.29) is 0 Å². The first-order chi connectivity index (χ1) is 17.1. The Hall–Kier alpha value is -2.71. The van der Waals surface area contributed by atoms with Crippen LogP contribution in [-0.4, -0.2) is 73.0 Å². The van der Waals surface area contributed by atoms with Gasteiger partial charge in [-0.1, -0.05) is 12.2 Å². The summed E-state index contributed by atoms with van der Waals surface area (Å²) < 4.78 is 23.1. The molecule has 1 N–H and O–H groups in total. The Labute approximate surface area is 219 Å². The molecule has 0 saturated carbocycles. The molecular weight excluding hydrogens is 476 g/mol. The molecule has 1 saturated heterocycles. The van der Waals surface area contributed by atoms with Crippen molar-refractivity contribution in [3.8, 4) is 28.7 Å². The molecule has 1 unspecified atom stereocenters. The van der Waals surface area contributed by atoms with Crippen LogP contribution >= 0.6 is 12.2 Å². The van der Waals surface area contributed by atoms with Gasteiger partial charge in [0.05, 0.1) is 21.3 Å². The highest BCUT2D eigenvalue weighted by Crippen LogP contribution is 2.44. The molecule has 2 aromatic rings. The average Bonchev–Trinajstić information content (AvgIpc) is 2.90. The number of ether oxygens (including phenoxy) is 4. The van der Waals surface area contributed by atoms with Crippen LogP contribution in [0.4, 0.5) is 0 Å². The van der Waals surface area contributed by atoms with Gasteiger partial charge >= 0.3 is 0 Å². The lowest BCUT2D eigenvalue weighted by Gasteiger charge is -2.44. The minimum Gasteiger partial charge on any atom is -0.507 e. The molecule has 0 aromatic heterocycles. The number of hydrogen-bond acceptors (Lipinski definition) is 7. The number of aromatic hydroxyl groups is 1. The molecule has 2 heterocycles. The van der Waals surface area contributed by atoms with E-state index in [1.165, 1.54) is 0 Å². The number of phenols is 1. The molecule has 0 amide bonds. The van der Waals surface area contributed by atoms with Crippen LogP contribution < -0.4 is 18.9 Å². The molecule has 0 aliphatic carbocycles. The average molecular weight is 515 g/mol. The third-order valence-electron chi connectivity index (χ3n) is 7.76. The van der Waals surface area contributed by atoms with Crippen LogP contribution in [0.3, 0.4) is 0 Å². The van der Waals surface area contributed by atoms with E-state index in [1.807, 2.05) is 32.9 Å². The first-order valence-electron chi connectivity index (χ1n) is 12.4. The first-order valence-corrected chi connectivity index (χ1v) is 12.9. The number of rotatable bonds is 6. The van der Waals surface area contributed by atoms with Crippen molar-refractivity contribution >= 4 is 17.2 Å². The van der Waals surface area contributed by atoms with Crippen molar-refractivity contribution in [1.29, 1.82) is 0 Å². The van der Waals surface area contributed by atoms with Crippen LogP contribution in [-0.2, 0) is 13.0 Å². The summed E-state index contributed by atoms with van der Waals surface area (Å²) in [5, 5.41) is 10.5. The Kier molecular flexibility index (Phi) is 7.57. The summed E-state index contributed by atoms with van der Waals surface area (Å²) in [5.74, 6) is 3.22. The maximum atomic E-state index is 10.5. The predicted molar refractivity (Wildman–Crippen MR) is 145 cm³/mol. The molecule has 1 atom stereocenters. The lowest BCUT2D eigenvalue weighted by Crippen LogP contribution is -2.56. The van der Waals surface area contributed by atoms with E-state index in [1.54, 1.807) is 21.3 Å². The van der Waals surface area contributed by atoms with Crippen molar-refractivity contribution in [2.75, 3.05) is 47.5 Å². The van der Waals surface area contributed by atoms with E-state index in [0.717, 1.165) is 84.1 Å². The zero-order valence-corrected chi connectivity index (χ0v) is 23.3. The fourth-order valence-corrected chi connectivity index (χ4v) is 5.65. The van der Waals surface area contributed by atoms with Gasteiger partial charge in [-0.25, -0.2) is 0 Å². The van der Waals surface area contributed by atoms with Crippen molar-refractivity contribution in [1.82, 2.24) is 9.80 Å². The maximum absolute atomic E-state index is 10.5. The quantitative estimate of drug-likeness (QED) is 0.563. The molecule has 2 aliphatic rings. The number of piperazine rings is 1. The minimum absolute atomic E-state index is 0.379. The summed E-state index contributed by atoms with van der Waals surface area (Å²) >= 11 is 6.02. The summed E-state index contributed by atoms with van der Waals surface area (Å²) in [4.78, 5) is 5.57. The molecule has 4 rings (SSSR count). The smallest absolute Gasteiger partial charge is 0.203 e. The van der Waals surface area contributed by atoms with Crippen molar-refractivity contribution in [2.24, 2.45) is 0 Å². The molecule has 7 nitrogen and oxygen atoms in total. The van der Waals surface area contributed by atoms with Gasteiger partial charge in [0, 0.05) is 38.3 Å². The van der Waals surface area contributed by atoms with Gasteiger partial charge in [-0.05, 0) is 74.9 Å². The van der Waals surface area contributed by atoms with Crippen molar-refractivity contribution < 1.29 is 24.1 Å². The number of thiocarbonyl (C=S) groups is 1. The van der Waals surface area contributed by atoms with Gasteiger partial charge in [0.1, 0.15) is 16.5 Å². The van der Waals surface area contributed by atoms with Crippen LogP contribution in [0.2, 0.25) is 0 Å². The monoisotopic (exact) mass is 514 g/mol. The van der Waals surface area contributed by atoms with Gasteiger partial charge < -0.3 is 29.0 Å². The summed E-state index contributed by atoms with van der Waals surface area (Å²) in [6.45, 7) is 12.3. The maximum Gasteiger partial charge on any atom is 0.203 e. The summed E-state index contributed by atoms with van der Waals surface area (Å²) in [7, 11) is 4.89. The van der Waals surface area contributed by atoms with E-state index in [0.29, 0.717) is 23.0 Å². The van der Waals surface area contributed by atoms with Gasteiger partial charge in [0.15, 0.2) is 17.1 Å². The standard InChI is InChI=1S/C28H38N2O5S/c1-17-18(2)25-21(19(3)24(17)31)8-9-28(4,35-25)27(36)30-12-10-29(11-13-30)16-20-14-22(32-5)26(34-7)23(15-20)33-6/h14-15,31H,8-13,16H2,1-7H3. The minimum atomic E-state index is -0.540. The Morgan fingerprint density at radius 1 is 0.972 bits per heavy atom. The van der Waals surface area contributed by atoms with E-state index < -0.39 is 5.60 Å². The summed E-state index contributed by atoms with van der Waals surface area (Å²) in [5.41, 5.74) is 4.47. The third-order valence-corrected chi connectivity index (χ3v) is 8.45. The lowest BCUT2D eigenvalue weighted by molar-refractivity contribution is 0.106. The zero-order valence-electron chi connectivity index (χ0n) is 22.5. The van der Waals surface area contributed by atoms with Gasteiger partial charge in [0.25, 0.3) is 0 Å². The van der Waals surface area contributed by atoms with Crippen molar-refractivity contribution in [3.63, 3.8) is 0 Å². The van der Waals surface area contributed by atoms with E-state index in [4.69, 9.17) is 31.2 Å². The van der Waals surface area contributed by atoms with Gasteiger partial charge in [-0.2, -0.15) is 0 Å². The second-order valence-electron chi connectivity index (χ2n) is 9.97. The highest BCUT2D eigenvalue weighted by Gasteiger charge is 2.41. The predicted octanol–water partition coefficient (Wildman–Crippen LogP) is 4.57. The van der Waals surface area contributed by atoms with E-state index in [2.05, 4.69) is 16.7 Å². The first kappa shape index (κ1) is 26.4. The molecule has 36 heavy (non-hydrogen) atoms. The van der Waals surface area contributed by atoms with Gasteiger partial charge in [-0.15, -0.1) is 0 Å². The second kappa shape index (κ2) is 10.3. The van der Waals surface area contributed by atoms with Crippen LogP contribution in [0.25, 0.3) is 0 Å². The van der Waals surface area contributed by atoms with Crippen molar-refractivity contribution in [2.45, 2.75) is 52.7 Å². The topological polar surface area (TPSA) is 63.6 Å². The van der Waals surface area contributed by atoms with Gasteiger partial charge in [-0.3, -0.25) is 4.90 Å².